The van der Waals surface area contributed by atoms with Gasteiger partial charge in [0.05, 0.1) is 12.2 Å². The van der Waals surface area contributed by atoms with Gasteiger partial charge in [-0.1, -0.05) is 26.0 Å². The number of imide groups is 1. The molecule has 1 aliphatic heterocycles. The molecule has 1 fully saturated rings. The summed E-state index contributed by atoms with van der Waals surface area (Å²) < 4.78 is 18.5. The summed E-state index contributed by atoms with van der Waals surface area (Å²) in [6, 6.07) is 4.58. The third kappa shape index (κ3) is 4.47. The highest BCUT2D eigenvalue weighted by atomic mass is 32.1. The molecule has 4 amide bonds. The van der Waals surface area contributed by atoms with Crippen LogP contribution >= 0.6 is 11.3 Å². The standard InChI is InChI=1S/C23H26FN3O5S/c1-5-16-13(4)18(20(29)32-7-3)19(33-16)25-17(28)12-27-21(30)23(6-2,26-22(27)31)14-8-10-15(24)11-9-14/h8-11H,5-7,12H2,1-4H3,(H,25,28)(H,26,31). The van der Waals surface area contributed by atoms with E-state index in [1.807, 2.05) is 6.92 Å². The molecule has 1 aliphatic rings. The summed E-state index contributed by atoms with van der Waals surface area (Å²) in [6.45, 7) is 6.79. The van der Waals surface area contributed by atoms with Gasteiger partial charge in [-0.05, 0) is 49.9 Å². The topological polar surface area (TPSA) is 105 Å². The van der Waals surface area contributed by atoms with Crippen LogP contribution in [0.1, 0.15) is 53.6 Å². The van der Waals surface area contributed by atoms with Crippen LogP contribution in [-0.4, -0.2) is 41.9 Å². The molecule has 33 heavy (non-hydrogen) atoms. The van der Waals surface area contributed by atoms with E-state index in [1.165, 1.54) is 35.6 Å². The van der Waals surface area contributed by atoms with Crippen LogP contribution < -0.4 is 10.6 Å². The molecular weight excluding hydrogens is 449 g/mol. The van der Waals surface area contributed by atoms with E-state index in [9.17, 15) is 23.6 Å². The van der Waals surface area contributed by atoms with E-state index in [2.05, 4.69) is 10.6 Å². The van der Waals surface area contributed by atoms with Crippen LogP contribution in [0.15, 0.2) is 24.3 Å². The second-order valence-corrected chi connectivity index (χ2v) is 8.67. The fourth-order valence-corrected chi connectivity index (χ4v) is 5.04. The Hall–Kier alpha value is -3.27. The zero-order valence-corrected chi connectivity index (χ0v) is 19.7. The molecule has 176 valence electrons. The number of urea groups is 1. The van der Waals surface area contributed by atoms with Gasteiger partial charge in [0.2, 0.25) is 5.91 Å². The van der Waals surface area contributed by atoms with E-state index in [0.29, 0.717) is 17.0 Å². The molecule has 1 aromatic carbocycles. The Balaban J connectivity index is 1.82. The number of nitrogens with one attached hydrogen (secondary N) is 2. The van der Waals surface area contributed by atoms with Gasteiger partial charge in [0.25, 0.3) is 5.91 Å². The molecule has 10 heteroatoms. The molecule has 8 nitrogen and oxygen atoms in total. The minimum Gasteiger partial charge on any atom is -0.462 e. The van der Waals surface area contributed by atoms with Crippen molar-refractivity contribution in [3.05, 3.63) is 51.7 Å². The molecule has 2 N–H and O–H groups in total. The second kappa shape index (κ2) is 9.70. The summed E-state index contributed by atoms with van der Waals surface area (Å²) in [4.78, 5) is 52.8. The lowest BCUT2D eigenvalue weighted by Gasteiger charge is -2.25. The van der Waals surface area contributed by atoms with Gasteiger partial charge in [-0.2, -0.15) is 0 Å². The summed E-state index contributed by atoms with van der Waals surface area (Å²) in [5.41, 5.74) is 0.0560. The SMILES string of the molecule is CCOC(=O)c1c(NC(=O)CN2C(=O)NC(CC)(c3ccc(F)cc3)C2=O)sc(CC)c1C. The van der Waals surface area contributed by atoms with Gasteiger partial charge in [-0.25, -0.2) is 14.0 Å². The lowest BCUT2D eigenvalue weighted by Crippen LogP contribution is -2.44. The highest BCUT2D eigenvalue weighted by molar-refractivity contribution is 7.17. The predicted octanol–water partition coefficient (Wildman–Crippen LogP) is 3.73. The zero-order chi connectivity index (χ0) is 24.3. The van der Waals surface area contributed by atoms with Crippen LogP contribution in [0.3, 0.4) is 0 Å². The van der Waals surface area contributed by atoms with E-state index < -0.39 is 41.7 Å². The van der Waals surface area contributed by atoms with Gasteiger partial charge in [-0.15, -0.1) is 11.3 Å². The molecule has 1 atom stereocenters. The number of thiophene rings is 1. The molecule has 1 unspecified atom stereocenters. The van der Waals surface area contributed by atoms with Crippen molar-refractivity contribution in [2.45, 2.75) is 46.1 Å². The van der Waals surface area contributed by atoms with Crippen molar-refractivity contribution < 1.29 is 28.3 Å². The fraction of sp³-hybridized carbons (Fsp3) is 0.391. The first-order chi connectivity index (χ1) is 15.7. The van der Waals surface area contributed by atoms with E-state index >= 15 is 0 Å². The van der Waals surface area contributed by atoms with Crippen molar-refractivity contribution in [2.75, 3.05) is 18.5 Å². The second-order valence-electron chi connectivity index (χ2n) is 7.56. The highest BCUT2D eigenvalue weighted by Gasteiger charge is 2.51. The summed E-state index contributed by atoms with van der Waals surface area (Å²) in [5.74, 6) is -2.23. The minimum atomic E-state index is -1.38. The number of anilines is 1. The Morgan fingerprint density at radius 2 is 1.85 bits per heavy atom. The number of hydrogen-bond donors (Lipinski definition) is 2. The molecule has 0 bridgehead atoms. The molecule has 0 saturated carbocycles. The normalized spacial score (nSPS) is 17.8. The average molecular weight is 476 g/mol. The number of aryl methyl sites for hydroxylation is 1. The first kappa shape index (κ1) is 24.4. The Morgan fingerprint density at radius 1 is 1.18 bits per heavy atom. The maximum Gasteiger partial charge on any atom is 0.341 e. The molecule has 0 radical (unpaired) electrons. The van der Waals surface area contributed by atoms with Crippen molar-refractivity contribution in [1.82, 2.24) is 10.2 Å². The quantitative estimate of drug-likeness (QED) is 0.447. The minimum absolute atomic E-state index is 0.188. The molecule has 1 saturated heterocycles. The smallest absolute Gasteiger partial charge is 0.341 e. The molecule has 3 rings (SSSR count). The Kier molecular flexibility index (Phi) is 7.16. The van der Waals surface area contributed by atoms with Gasteiger partial charge < -0.3 is 15.4 Å². The summed E-state index contributed by atoms with van der Waals surface area (Å²) in [5, 5.41) is 5.63. The number of nitrogens with zero attached hydrogens (tertiary/aromatic N) is 1. The Morgan fingerprint density at radius 3 is 2.42 bits per heavy atom. The number of carbonyl (C=O) groups is 4. The van der Waals surface area contributed by atoms with Gasteiger partial charge in [-0.3, -0.25) is 14.5 Å². The van der Waals surface area contributed by atoms with Crippen molar-refractivity contribution in [1.29, 1.82) is 0 Å². The number of hydrogen-bond acceptors (Lipinski definition) is 6. The number of benzene rings is 1. The lowest BCUT2D eigenvalue weighted by atomic mass is 9.87. The number of halogens is 1. The highest BCUT2D eigenvalue weighted by Crippen LogP contribution is 2.35. The number of carbonyl (C=O) groups excluding carboxylic acids is 4. The van der Waals surface area contributed by atoms with Gasteiger partial charge in [0.1, 0.15) is 22.9 Å². The van der Waals surface area contributed by atoms with Crippen LogP contribution in [-0.2, 0) is 26.3 Å². The van der Waals surface area contributed by atoms with Crippen molar-refractivity contribution in [3.63, 3.8) is 0 Å². The maximum atomic E-state index is 13.4. The van der Waals surface area contributed by atoms with Crippen LogP contribution in [0.2, 0.25) is 0 Å². The fourth-order valence-electron chi connectivity index (χ4n) is 3.89. The van der Waals surface area contributed by atoms with Crippen LogP contribution in [0.4, 0.5) is 14.2 Å². The summed E-state index contributed by atoms with van der Waals surface area (Å²) in [6.07, 6.45) is 0.890. The Labute approximate surface area is 195 Å². The molecule has 1 aromatic heterocycles. The third-order valence-electron chi connectivity index (χ3n) is 5.64. The van der Waals surface area contributed by atoms with E-state index in [0.717, 1.165) is 15.3 Å². The average Bonchev–Trinajstić information content (AvgIpc) is 3.22. The number of rotatable bonds is 8. The van der Waals surface area contributed by atoms with Crippen molar-refractivity contribution in [2.24, 2.45) is 0 Å². The number of ether oxygens (including phenoxy) is 1. The maximum absolute atomic E-state index is 13.4. The molecule has 0 aliphatic carbocycles. The van der Waals surface area contributed by atoms with Crippen LogP contribution in [0.25, 0.3) is 0 Å². The van der Waals surface area contributed by atoms with Gasteiger partial charge >= 0.3 is 12.0 Å². The predicted molar refractivity (Wildman–Crippen MR) is 122 cm³/mol. The lowest BCUT2D eigenvalue weighted by molar-refractivity contribution is -0.134. The molecular formula is C23H26FN3O5S. The first-order valence-electron chi connectivity index (χ1n) is 10.7. The van der Waals surface area contributed by atoms with E-state index in [-0.39, 0.29) is 18.6 Å². The van der Waals surface area contributed by atoms with Crippen LogP contribution in [0, 0.1) is 12.7 Å². The first-order valence-corrected chi connectivity index (χ1v) is 11.5. The number of esters is 1. The van der Waals surface area contributed by atoms with Gasteiger partial charge in [0.15, 0.2) is 0 Å². The Bertz CT molecular complexity index is 1100. The molecule has 2 aromatic rings. The molecule has 0 spiro atoms. The van der Waals surface area contributed by atoms with Gasteiger partial charge in [0, 0.05) is 4.88 Å². The molecule has 2 heterocycles. The summed E-state index contributed by atoms with van der Waals surface area (Å²) >= 11 is 1.26. The number of amides is 4. The summed E-state index contributed by atoms with van der Waals surface area (Å²) in [7, 11) is 0. The zero-order valence-electron chi connectivity index (χ0n) is 18.9. The third-order valence-corrected chi connectivity index (χ3v) is 7.00. The monoisotopic (exact) mass is 475 g/mol. The largest absolute Gasteiger partial charge is 0.462 e. The van der Waals surface area contributed by atoms with E-state index in [4.69, 9.17) is 4.74 Å². The van der Waals surface area contributed by atoms with Crippen molar-refractivity contribution in [3.8, 4) is 0 Å². The van der Waals surface area contributed by atoms with Crippen molar-refractivity contribution >= 4 is 40.2 Å². The van der Waals surface area contributed by atoms with Crippen LogP contribution in [0.5, 0.6) is 0 Å². The van der Waals surface area contributed by atoms with E-state index in [1.54, 1.807) is 20.8 Å².